The Hall–Kier alpha value is -1.38. The highest BCUT2D eigenvalue weighted by molar-refractivity contribution is 5.88. The van der Waals surface area contributed by atoms with Gasteiger partial charge in [-0.3, -0.25) is 0 Å². The summed E-state index contributed by atoms with van der Waals surface area (Å²) in [7, 11) is 0. The average molecular weight is 167 g/mol. The van der Waals surface area contributed by atoms with Gasteiger partial charge in [0.1, 0.15) is 5.82 Å². The van der Waals surface area contributed by atoms with Crippen LogP contribution in [0, 0.1) is 11.9 Å². The summed E-state index contributed by atoms with van der Waals surface area (Å²) in [6, 6.07) is 6.38. The first-order chi connectivity index (χ1) is 5.74. The van der Waals surface area contributed by atoms with E-state index in [0.29, 0.717) is 0 Å². The molecule has 1 aromatic carbocycles. The highest BCUT2D eigenvalue weighted by Crippen LogP contribution is 2.03. The zero-order valence-corrected chi connectivity index (χ0v) is 6.63. The van der Waals surface area contributed by atoms with Crippen molar-refractivity contribution < 1.29 is 13.9 Å². The molecule has 0 fully saturated rings. The fraction of sp³-hybridized carbons (Fsp3) is 0.222. The van der Waals surface area contributed by atoms with Gasteiger partial charge in [-0.05, 0) is 19.1 Å². The topological polar surface area (TPSA) is 26.3 Å². The highest BCUT2D eigenvalue weighted by Gasteiger charge is 2.06. The van der Waals surface area contributed by atoms with Crippen LogP contribution in [0.5, 0.6) is 0 Å². The number of benzene rings is 1. The first-order valence-corrected chi connectivity index (χ1v) is 3.59. The maximum atomic E-state index is 12.5. The Kier molecular flexibility index (Phi) is 2.80. The first kappa shape index (κ1) is 8.71. The van der Waals surface area contributed by atoms with Crippen molar-refractivity contribution >= 4 is 5.97 Å². The van der Waals surface area contributed by atoms with E-state index in [1.807, 2.05) is 0 Å². The van der Waals surface area contributed by atoms with Crippen molar-refractivity contribution in [2.75, 3.05) is 6.61 Å². The van der Waals surface area contributed by atoms with Gasteiger partial charge in [0.05, 0.1) is 12.2 Å². The Balaban J connectivity index is 2.81. The fourth-order valence-electron chi connectivity index (χ4n) is 0.769. The van der Waals surface area contributed by atoms with Crippen LogP contribution in [0.4, 0.5) is 4.39 Å². The minimum atomic E-state index is -0.555. The molecule has 2 nitrogen and oxygen atoms in total. The Morgan fingerprint density at radius 3 is 3.00 bits per heavy atom. The van der Waals surface area contributed by atoms with E-state index in [9.17, 15) is 9.18 Å². The van der Waals surface area contributed by atoms with Gasteiger partial charge in [-0.25, -0.2) is 9.18 Å². The number of carbonyl (C=O) groups is 1. The second kappa shape index (κ2) is 3.85. The van der Waals surface area contributed by atoms with Gasteiger partial charge in [-0.2, -0.15) is 0 Å². The minimum Gasteiger partial charge on any atom is -0.462 e. The van der Waals surface area contributed by atoms with Crippen molar-refractivity contribution in [1.82, 2.24) is 0 Å². The van der Waals surface area contributed by atoms with Crippen LogP contribution >= 0.6 is 0 Å². The predicted octanol–water partition coefficient (Wildman–Crippen LogP) is 1.80. The summed E-state index contributed by atoms with van der Waals surface area (Å²) in [5, 5.41) is 0. The third kappa shape index (κ3) is 2.05. The number of hydrogen-bond donors (Lipinski definition) is 0. The van der Waals surface area contributed by atoms with Crippen molar-refractivity contribution in [3.05, 3.63) is 35.6 Å². The molecule has 0 spiro atoms. The number of carbonyl (C=O) groups excluding carboxylic acids is 1. The first-order valence-electron chi connectivity index (χ1n) is 3.59. The summed E-state index contributed by atoms with van der Waals surface area (Å²) in [5.74, 6) is -1.10. The molecule has 0 unspecified atom stereocenters. The molecular formula is C9H8FO2. The lowest BCUT2D eigenvalue weighted by Gasteiger charge is -1.99. The van der Waals surface area contributed by atoms with Crippen molar-refractivity contribution in [3.63, 3.8) is 0 Å². The monoisotopic (exact) mass is 167 g/mol. The molecule has 1 aromatic rings. The number of ether oxygens (including phenoxy) is 1. The van der Waals surface area contributed by atoms with Crippen LogP contribution in [0.1, 0.15) is 17.3 Å². The smallest absolute Gasteiger partial charge is 0.338 e. The largest absolute Gasteiger partial charge is 0.462 e. The summed E-state index contributed by atoms with van der Waals surface area (Å²) in [4.78, 5) is 11.0. The molecular weight excluding hydrogens is 159 g/mol. The molecule has 12 heavy (non-hydrogen) atoms. The quantitative estimate of drug-likeness (QED) is 0.628. The number of halogens is 1. The molecule has 0 aromatic heterocycles. The van der Waals surface area contributed by atoms with Gasteiger partial charge in [0, 0.05) is 6.07 Å². The highest BCUT2D eigenvalue weighted by atomic mass is 19.1. The number of rotatable bonds is 2. The third-order valence-corrected chi connectivity index (χ3v) is 1.25. The minimum absolute atomic E-state index is 0.122. The molecule has 0 saturated carbocycles. The van der Waals surface area contributed by atoms with Crippen molar-refractivity contribution in [2.45, 2.75) is 6.92 Å². The molecule has 63 valence electrons. The van der Waals surface area contributed by atoms with E-state index in [4.69, 9.17) is 0 Å². The van der Waals surface area contributed by atoms with Gasteiger partial charge < -0.3 is 4.74 Å². The predicted molar refractivity (Wildman–Crippen MR) is 41.2 cm³/mol. The molecule has 1 rings (SSSR count). The summed E-state index contributed by atoms with van der Waals surface area (Å²) in [6.45, 7) is 1.97. The Morgan fingerprint density at radius 1 is 1.67 bits per heavy atom. The summed E-state index contributed by atoms with van der Waals surface area (Å²) >= 11 is 0. The van der Waals surface area contributed by atoms with Gasteiger partial charge in [0.2, 0.25) is 0 Å². The molecule has 0 aliphatic heterocycles. The summed E-state index contributed by atoms with van der Waals surface area (Å²) in [5.41, 5.74) is 0.122. The molecule has 0 N–H and O–H groups in total. The van der Waals surface area contributed by atoms with Gasteiger partial charge in [0.25, 0.3) is 0 Å². The van der Waals surface area contributed by atoms with Gasteiger partial charge in [-0.15, -0.1) is 0 Å². The molecule has 0 aliphatic carbocycles. The molecule has 0 amide bonds. The Morgan fingerprint density at radius 2 is 2.42 bits per heavy atom. The lowest BCUT2D eigenvalue weighted by Crippen LogP contribution is -2.04. The van der Waals surface area contributed by atoms with E-state index >= 15 is 0 Å². The van der Waals surface area contributed by atoms with Crippen LogP contribution in [0.2, 0.25) is 0 Å². The maximum absolute atomic E-state index is 12.5. The zero-order chi connectivity index (χ0) is 8.97. The van der Waals surface area contributed by atoms with E-state index in [-0.39, 0.29) is 12.2 Å². The van der Waals surface area contributed by atoms with E-state index in [0.717, 1.165) is 0 Å². The van der Waals surface area contributed by atoms with Crippen molar-refractivity contribution in [3.8, 4) is 0 Å². The van der Waals surface area contributed by atoms with E-state index in [2.05, 4.69) is 10.8 Å². The average Bonchev–Trinajstić information content (AvgIpc) is 2.05. The van der Waals surface area contributed by atoms with Gasteiger partial charge in [0.15, 0.2) is 0 Å². The second-order valence-electron chi connectivity index (χ2n) is 2.13. The Bertz CT molecular complexity index is 284. The number of hydrogen-bond acceptors (Lipinski definition) is 2. The molecule has 0 aliphatic rings. The van der Waals surface area contributed by atoms with Crippen LogP contribution in [0.25, 0.3) is 0 Å². The lowest BCUT2D eigenvalue weighted by molar-refractivity contribution is 0.0525. The van der Waals surface area contributed by atoms with Crippen molar-refractivity contribution in [1.29, 1.82) is 0 Å². The third-order valence-electron chi connectivity index (χ3n) is 1.25. The summed E-state index contributed by atoms with van der Waals surface area (Å²) < 4.78 is 17.2. The lowest BCUT2D eigenvalue weighted by atomic mass is 10.2. The van der Waals surface area contributed by atoms with Crippen LogP contribution in [0.3, 0.4) is 0 Å². The molecule has 3 heteroatoms. The van der Waals surface area contributed by atoms with Crippen LogP contribution < -0.4 is 0 Å². The number of esters is 1. The maximum Gasteiger partial charge on any atom is 0.338 e. The van der Waals surface area contributed by atoms with Gasteiger partial charge in [-0.1, -0.05) is 6.07 Å². The molecule has 0 saturated heterocycles. The molecule has 0 atom stereocenters. The molecule has 0 heterocycles. The second-order valence-corrected chi connectivity index (χ2v) is 2.13. The molecule has 1 radical (unpaired) electrons. The van der Waals surface area contributed by atoms with Crippen LogP contribution in [0.15, 0.2) is 18.2 Å². The van der Waals surface area contributed by atoms with E-state index in [1.54, 1.807) is 6.92 Å². The summed E-state index contributed by atoms with van der Waals surface area (Å²) in [6.07, 6.45) is 0. The SMILES string of the molecule is CCOC(=O)c1[c]c(F)ccc1. The van der Waals surface area contributed by atoms with Crippen LogP contribution in [-0.2, 0) is 4.74 Å². The normalized spacial score (nSPS) is 9.50. The molecule has 0 bridgehead atoms. The van der Waals surface area contributed by atoms with Crippen LogP contribution in [-0.4, -0.2) is 12.6 Å². The standard InChI is InChI=1S/C9H8FO2/c1-2-12-9(11)7-4-3-5-8(10)6-7/h3-5H,2H2,1H3. The van der Waals surface area contributed by atoms with Gasteiger partial charge >= 0.3 is 5.97 Å². The Labute approximate surface area is 70.0 Å². The van der Waals surface area contributed by atoms with E-state index < -0.39 is 11.8 Å². The van der Waals surface area contributed by atoms with E-state index in [1.165, 1.54) is 18.2 Å². The zero-order valence-electron chi connectivity index (χ0n) is 6.63. The van der Waals surface area contributed by atoms with Crippen molar-refractivity contribution in [2.24, 2.45) is 0 Å². The fourth-order valence-corrected chi connectivity index (χ4v) is 0.769.